The number of furan rings is 2. The second kappa shape index (κ2) is 11.1. The zero-order chi connectivity index (χ0) is 36.4. The van der Waals surface area contributed by atoms with E-state index in [9.17, 15) is 0 Å². The highest BCUT2D eigenvalue weighted by Crippen LogP contribution is 2.50. The fourth-order valence-corrected chi connectivity index (χ4v) is 9.66. The first-order valence-electron chi connectivity index (χ1n) is 19.1. The van der Waals surface area contributed by atoms with Crippen molar-refractivity contribution in [3.8, 4) is 44.5 Å². The average molecular weight is 703 g/mol. The number of benzene rings is 9. The molecule has 2 heterocycles. The lowest BCUT2D eigenvalue weighted by molar-refractivity contribution is 0.633. The van der Waals surface area contributed by atoms with Gasteiger partial charge in [-0.25, -0.2) is 0 Å². The largest absolute Gasteiger partial charge is 0.452 e. The van der Waals surface area contributed by atoms with Crippen LogP contribution in [-0.2, 0) is 5.41 Å². The lowest BCUT2D eigenvalue weighted by Gasteiger charge is -2.22. The topological polar surface area (TPSA) is 26.3 Å². The van der Waals surface area contributed by atoms with Crippen LogP contribution in [0.15, 0.2) is 179 Å². The molecule has 0 aliphatic heterocycles. The van der Waals surface area contributed by atoms with Crippen LogP contribution in [0.2, 0.25) is 0 Å². The van der Waals surface area contributed by atoms with Crippen LogP contribution in [-0.4, -0.2) is 0 Å². The van der Waals surface area contributed by atoms with Gasteiger partial charge in [0.2, 0.25) is 0 Å². The molecule has 1 aliphatic carbocycles. The van der Waals surface area contributed by atoms with Crippen LogP contribution < -0.4 is 0 Å². The highest BCUT2D eigenvalue weighted by atomic mass is 16.4. The Balaban J connectivity index is 1.04. The van der Waals surface area contributed by atoms with Gasteiger partial charge in [0.1, 0.15) is 11.2 Å². The van der Waals surface area contributed by atoms with Crippen molar-refractivity contribution in [2.24, 2.45) is 0 Å². The Morgan fingerprint density at radius 1 is 0.327 bits per heavy atom. The van der Waals surface area contributed by atoms with Crippen LogP contribution >= 0.6 is 0 Å². The maximum absolute atomic E-state index is 6.54. The van der Waals surface area contributed by atoms with E-state index in [1.807, 2.05) is 12.1 Å². The molecule has 0 saturated carbocycles. The van der Waals surface area contributed by atoms with Crippen molar-refractivity contribution in [2.75, 3.05) is 0 Å². The molecule has 2 aromatic heterocycles. The zero-order valence-corrected chi connectivity index (χ0v) is 30.5. The van der Waals surface area contributed by atoms with E-state index in [0.717, 1.165) is 49.4 Å². The van der Waals surface area contributed by atoms with Crippen molar-refractivity contribution in [1.29, 1.82) is 0 Å². The predicted molar refractivity (Wildman–Crippen MR) is 230 cm³/mol. The summed E-state index contributed by atoms with van der Waals surface area (Å²) in [5.41, 5.74) is 16.1. The number of para-hydroxylation sites is 1. The molecule has 0 fully saturated rings. The van der Waals surface area contributed by atoms with Gasteiger partial charge in [0, 0.05) is 27.0 Å². The van der Waals surface area contributed by atoms with Gasteiger partial charge in [-0.15, -0.1) is 0 Å². The molecule has 1 aliphatic rings. The third-order valence-electron chi connectivity index (χ3n) is 12.3. The monoisotopic (exact) mass is 702 g/mol. The summed E-state index contributed by atoms with van der Waals surface area (Å²) in [7, 11) is 0. The van der Waals surface area contributed by atoms with Gasteiger partial charge in [0.25, 0.3) is 0 Å². The predicted octanol–water partition coefficient (Wildman–Crippen LogP) is 15.1. The number of hydrogen-bond acceptors (Lipinski definition) is 2. The fourth-order valence-electron chi connectivity index (χ4n) is 9.66. The van der Waals surface area contributed by atoms with Gasteiger partial charge in [-0.05, 0) is 120 Å². The molecular formula is C53H34O2. The summed E-state index contributed by atoms with van der Waals surface area (Å²) in [6.45, 7) is 4.70. The molecule has 2 nitrogen and oxygen atoms in total. The van der Waals surface area contributed by atoms with E-state index < -0.39 is 0 Å². The molecule has 0 N–H and O–H groups in total. The Bertz CT molecular complexity index is 3350. The molecule has 0 unspecified atom stereocenters. The molecule has 12 rings (SSSR count). The van der Waals surface area contributed by atoms with Crippen LogP contribution in [0.25, 0.3) is 110 Å². The third-order valence-corrected chi connectivity index (χ3v) is 12.3. The smallest absolute Gasteiger partial charge is 0.178 e. The van der Waals surface area contributed by atoms with Crippen LogP contribution in [0.1, 0.15) is 25.0 Å². The quantitative estimate of drug-likeness (QED) is 0.171. The highest BCUT2D eigenvalue weighted by molar-refractivity contribution is 6.23. The van der Waals surface area contributed by atoms with Crippen molar-refractivity contribution in [1.82, 2.24) is 0 Å². The van der Waals surface area contributed by atoms with E-state index >= 15 is 0 Å². The van der Waals surface area contributed by atoms with Crippen LogP contribution in [0.5, 0.6) is 0 Å². The van der Waals surface area contributed by atoms with E-state index in [0.29, 0.717) is 0 Å². The maximum atomic E-state index is 6.54. The Labute approximate surface area is 317 Å². The summed E-state index contributed by atoms with van der Waals surface area (Å²) >= 11 is 0. The van der Waals surface area contributed by atoms with Gasteiger partial charge in [-0.3, -0.25) is 0 Å². The standard InChI is InChI=1S/C53H34O2/c1-53(2)45-20-9-7-14-35(45)36-24-22-32(30-46(36)53)31-12-11-13-33(28-31)49-38-16-3-5-18-40(38)50(41-19-6-4-17-39(41)49)34-23-27-48-44(29-34)43-26-25-42-37-15-8-10-21-47(37)54-51(42)52(43)55-48/h3-30H,1-2H3. The van der Waals surface area contributed by atoms with Crippen molar-refractivity contribution in [3.63, 3.8) is 0 Å². The van der Waals surface area contributed by atoms with Gasteiger partial charge >= 0.3 is 0 Å². The van der Waals surface area contributed by atoms with Gasteiger partial charge in [-0.2, -0.15) is 0 Å². The highest BCUT2D eigenvalue weighted by Gasteiger charge is 2.35. The summed E-state index contributed by atoms with van der Waals surface area (Å²) in [5, 5.41) is 9.25. The molecule has 258 valence electrons. The first-order chi connectivity index (χ1) is 27.0. The maximum Gasteiger partial charge on any atom is 0.178 e. The second-order valence-electron chi connectivity index (χ2n) is 15.6. The molecule has 0 bridgehead atoms. The van der Waals surface area contributed by atoms with Gasteiger partial charge in [0.15, 0.2) is 11.2 Å². The van der Waals surface area contributed by atoms with E-state index in [2.05, 4.69) is 172 Å². The van der Waals surface area contributed by atoms with Crippen LogP contribution in [0.3, 0.4) is 0 Å². The van der Waals surface area contributed by atoms with Gasteiger partial charge < -0.3 is 8.83 Å². The normalized spacial score (nSPS) is 13.4. The van der Waals surface area contributed by atoms with Crippen molar-refractivity contribution < 1.29 is 8.83 Å². The van der Waals surface area contributed by atoms with E-state index in [4.69, 9.17) is 8.83 Å². The molecule has 0 radical (unpaired) electrons. The van der Waals surface area contributed by atoms with Gasteiger partial charge in [-0.1, -0.05) is 141 Å². The van der Waals surface area contributed by atoms with E-state index in [-0.39, 0.29) is 5.41 Å². The van der Waals surface area contributed by atoms with Crippen molar-refractivity contribution in [3.05, 3.63) is 181 Å². The minimum atomic E-state index is -0.0484. The Kier molecular flexibility index (Phi) is 6.15. The molecule has 2 heteroatoms. The minimum absolute atomic E-state index is 0.0484. The van der Waals surface area contributed by atoms with Crippen molar-refractivity contribution in [2.45, 2.75) is 19.3 Å². The molecule has 0 spiro atoms. The summed E-state index contributed by atoms with van der Waals surface area (Å²) in [5.74, 6) is 0. The lowest BCUT2D eigenvalue weighted by Crippen LogP contribution is -2.14. The van der Waals surface area contributed by atoms with Gasteiger partial charge in [0.05, 0.1) is 0 Å². The Morgan fingerprint density at radius 3 is 1.55 bits per heavy atom. The zero-order valence-electron chi connectivity index (χ0n) is 30.5. The molecule has 55 heavy (non-hydrogen) atoms. The Hall–Kier alpha value is -6.90. The fraction of sp³-hybridized carbons (Fsp3) is 0.0566. The van der Waals surface area contributed by atoms with E-state index in [1.165, 1.54) is 71.6 Å². The summed E-state index contributed by atoms with van der Waals surface area (Å²) in [6.07, 6.45) is 0. The summed E-state index contributed by atoms with van der Waals surface area (Å²) in [4.78, 5) is 0. The van der Waals surface area contributed by atoms with Crippen LogP contribution in [0, 0.1) is 0 Å². The molecule has 0 atom stereocenters. The molecular weight excluding hydrogens is 669 g/mol. The SMILES string of the molecule is CC1(C)c2ccccc2-c2ccc(-c3cccc(-c4c5ccccc5c(-c5ccc6oc7c(ccc8c9ccccc9oc87)c6c5)c5ccccc45)c3)cc21. The summed E-state index contributed by atoms with van der Waals surface area (Å²) in [6, 6.07) is 62.0. The van der Waals surface area contributed by atoms with Crippen molar-refractivity contribution >= 4 is 65.4 Å². The lowest BCUT2D eigenvalue weighted by atomic mass is 9.81. The summed E-state index contributed by atoms with van der Waals surface area (Å²) < 4.78 is 12.9. The Morgan fingerprint density at radius 2 is 0.836 bits per heavy atom. The second-order valence-corrected chi connectivity index (χ2v) is 15.6. The minimum Gasteiger partial charge on any atom is -0.452 e. The molecule has 9 aromatic carbocycles. The first kappa shape index (κ1) is 30.6. The van der Waals surface area contributed by atoms with E-state index in [1.54, 1.807) is 0 Å². The molecule has 0 saturated heterocycles. The number of hydrogen-bond donors (Lipinski definition) is 0. The number of fused-ring (bicyclic) bond motifs is 12. The number of rotatable bonds is 3. The molecule has 11 aromatic rings. The molecule has 0 amide bonds. The first-order valence-corrected chi connectivity index (χ1v) is 19.1. The average Bonchev–Trinajstić information content (AvgIpc) is 3.87. The third kappa shape index (κ3) is 4.25. The van der Waals surface area contributed by atoms with Crippen LogP contribution in [0.4, 0.5) is 0 Å².